The first-order chi connectivity index (χ1) is 8.44. The van der Waals surface area contributed by atoms with Crippen LogP contribution in [-0.2, 0) is 10.6 Å². The van der Waals surface area contributed by atoms with Gasteiger partial charge in [0, 0.05) is 11.9 Å². The topological polar surface area (TPSA) is 21.1 Å². The molecule has 5 heteroatoms. The van der Waals surface area contributed by atoms with Gasteiger partial charge in [0.2, 0.25) is 0 Å². The number of rotatable bonds is 4. The summed E-state index contributed by atoms with van der Waals surface area (Å²) in [4.78, 5) is 2.05. The fourth-order valence-electron chi connectivity index (χ4n) is 2.06. The lowest BCUT2D eigenvalue weighted by Crippen LogP contribution is -2.34. The highest BCUT2D eigenvalue weighted by atomic mass is 32.2. The molecule has 3 nitrogen and oxygen atoms in total. The largest absolute Gasteiger partial charge is 0.305 e. The van der Waals surface area contributed by atoms with Gasteiger partial charge in [0.1, 0.15) is 0 Å². The van der Waals surface area contributed by atoms with Crippen LogP contribution in [0.15, 0.2) is 24.4 Å². The van der Waals surface area contributed by atoms with E-state index >= 15 is 0 Å². The molecule has 1 heterocycles. The Morgan fingerprint density at radius 2 is 2.06 bits per heavy atom. The third kappa shape index (κ3) is 2.68. The maximum Gasteiger partial charge on any atom is 0.161 e. The second-order valence-corrected chi connectivity index (χ2v) is 6.65. The van der Waals surface area contributed by atoms with Crippen molar-refractivity contribution in [2.75, 3.05) is 20.6 Å². The van der Waals surface area contributed by atoms with Crippen molar-refractivity contribution in [3.05, 3.63) is 30.0 Å². The van der Waals surface area contributed by atoms with Gasteiger partial charge in [-0.05, 0) is 32.1 Å². The summed E-state index contributed by atoms with van der Waals surface area (Å²) < 4.78 is 1.27. The van der Waals surface area contributed by atoms with Crippen LogP contribution < -0.4 is 0 Å². The van der Waals surface area contributed by atoms with E-state index in [0.29, 0.717) is 6.54 Å². The fraction of sp³-hybridized carbons (Fsp3) is 0.462. The lowest BCUT2D eigenvalue weighted by Gasteiger charge is -2.27. The Morgan fingerprint density at radius 1 is 1.33 bits per heavy atom. The second-order valence-electron chi connectivity index (χ2n) is 4.82. The van der Waals surface area contributed by atoms with Crippen molar-refractivity contribution in [1.82, 2.24) is 14.7 Å². The summed E-state index contributed by atoms with van der Waals surface area (Å²) in [6.45, 7) is 2.85. The number of nitrogens with zero attached hydrogens (tertiary/aromatic N) is 3. The Hall–Kier alpha value is -0.650. The van der Waals surface area contributed by atoms with Gasteiger partial charge >= 0.3 is 0 Å². The number of thiol groups is 2. The van der Waals surface area contributed by atoms with Crippen LogP contribution in [-0.4, -0.2) is 35.3 Å². The van der Waals surface area contributed by atoms with Crippen LogP contribution in [0.1, 0.15) is 12.5 Å². The molecule has 2 aromatic rings. The zero-order chi connectivity index (χ0) is 13.3. The van der Waals surface area contributed by atoms with E-state index in [1.54, 1.807) is 0 Å². The summed E-state index contributed by atoms with van der Waals surface area (Å²) in [5.41, 5.74) is 2.38. The van der Waals surface area contributed by atoms with Crippen molar-refractivity contribution in [2.45, 2.75) is 17.5 Å². The minimum absolute atomic E-state index is 0.613. The molecule has 18 heavy (non-hydrogen) atoms. The number of fused-ring (bicyclic) bond motifs is 1. The summed E-state index contributed by atoms with van der Waals surface area (Å²) >= 11 is 9.29. The maximum atomic E-state index is 4.64. The molecule has 0 saturated heterocycles. The zero-order valence-electron chi connectivity index (χ0n) is 11.0. The predicted octanol–water partition coefficient (Wildman–Crippen LogP) is 2.63. The van der Waals surface area contributed by atoms with E-state index in [0.717, 1.165) is 17.3 Å². The van der Waals surface area contributed by atoms with Gasteiger partial charge in [-0.3, -0.25) is 0 Å². The molecule has 0 saturated carbocycles. The van der Waals surface area contributed by atoms with Crippen LogP contribution >= 0.6 is 25.3 Å². The molecule has 2 rings (SSSR count). The normalized spacial score (nSPS) is 12.6. The van der Waals surface area contributed by atoms with Gasteiger partial charge in [-0.2, -0.15) is 5.10 Å². The van der Waals surface area contributed by atoms with E-state index in [1.807, 2.05) is 25.0 Å². The molecule has 1 aromatic carbocycles. The average molecular weight is 281 g/mol. The Labute approximate surface area is 119 Å². The quantitative estimate of drug-likeness (QED) is 0.664. The van der Waals surface area contributed by atoms with Gasteiger partial charge in [0.05, 0.1) is 11.7 Å². The van der Waals surface area contributed by atoms with Crippen LogP contribution in [0.2, 0.25) is 0 Å². The summed E-state index contributed by atoms with van der Waals surface area (Å²) in [5, 5.41) is 5.56. The fourth-order valence-corrected chi connectivity index (χ4v) is 2.94. The molecule has 98 valence electrons. The van der Waals surface area contributed by atoms with Crippen molar-refractivity contribution in [1.29, 1.82) is 0 Å². The Balaban J connectivity index is 2.50. The summed E-state index contributed by atoms with van der Waals surface area (Å²) in [6, 6.07) is 6.41. The molecule has 0 unspecified atom stereocenters. The van der Waals surface area contributed by atoms with E-state index in [1.165, 1.54) is 5.56 Å². The minimum Gasteiger partial charge on any atom is -0.305 e. The molecule has 0 atom stereocenters. The summed E-state index contributed by atoms with van der Waals surface area (Å²) in [7, 11) is 4.01. The highest BCUT2D eigenvalue weighted by molar-refractivity contribution is 7.99. The van der Waals surface area contributed by atoms with Crippen LogP contribution in [0.4, 0.5) is 0 Å². The SMILES string of the molecule is CCc1ccc2cnn(C(S)(S)CN(C)C)c2c1. The van der Waals surface area contributed by atoms with Crippen LogP contribution in [0.5, 0.6) is 0 Å². The molecule has 0 aliphatic carbocycles. The molecule has 0 fully saturated rings. The second kappa shape index (κ2) is 5.15. The summed E-state index contributed by atoms with van der Waals surface area (Å²) in [6.07, 6.45) is 2.88. The van der Waals surface area contributed by atoms with E-state index < -0.39 is 4.20 Å². The van der Waals surface area contributed by atoms with E-state index in [4.69, 9.17) is 0 Å². The molecule has 0 bridgehead atoms. The molecule has 0 aliphatic heterocycles. The minimum atomic E-state index is -0.613. The van der Waals surface area contributed by atoms with Crippen LogP contribution in [0.3, 0.4) is 0 Å². The Morgan fingerprint density at radius 3 is 2.67 bits per heavy atom. The van der Waals surface area contributed by atoms with Crippen molar-refractivity contribution < 1.29 is 0 Å². The number of benzene rings is 1. The molecule has 0 radical (unpaired) electrons. The maximum absolute atomic E-state index is 4.64. The highest BCUT2D eigenvalue weighted by Crippen LogP contribution is 2.30. The number of aromatic nitrogens is 2. The zero-order valence-corrected chi connectivity index (χ0v) is 12.7. The lowest BCUT2D eigenvalue weighted by molar-refractivity contribution is 0.354. The van der Waals surface area contributed by atoms with Gasteiger partial charge in [0.25, 0.3) is 0 Å². The number of aryl methyl sites for hydroxylation is 1. The van der Waals surface area contributed by atoms with Crippen LogP contribution in [0, 0.1) is 0 Å². The molecular weight excluding hydrogens is 262 g/mol. The highest BCUT2D eigenvalue weighted by Gasteiger charge is 2.26. The lowest BCUT2D eigenvalue weighted by atomic mass is 10.1. The van der Waals surface area contributed by atoms with Crippen LogP contribution in [0.25, 0.3) is 10.9 Å². The van der Waals surface area contributed by atoms with Gasteiger partial charge < -0.3 is 4.90 Å². The molecule has 0 N–H and O–H groups in total. The molecule has 0 amide bonds. The molecule has 0 aliphatic rings. The van der Waals surface area contributed by atoms with Gasteiger partial charge in [-0.25, -0.2) is 4.68 Å². The first-order valence-corrected chi connectivity index (χ1v) is 6.90. The van der Waals surface area contributed by atoms with Gasteiger partial charge in [0.15, 0.2) is 4.20 Å². The van der Waals surface area contributed by atoms with E-state index in [9.17, 15) is 0 Å². The van der Waals surface area contributed by atoms with Gasteiger partial charge in [-0.15, -0.1) is 25.3 Å². The third-order valence-corrected chi connectivity index (χ3v) is 3.57. The summed E-state index contributed by atoms with van der Waals surface area (Å²) in [5.74, 6) is 0. The van der Waals surface area contributed by atoms with Gasteiger partial charge in [-0.1, -0.05) is 19.1 Å². The Bertz CT molecular complexity index is 546. The van der Waals surface area contributed by atoms with Crippen molar-refractivity contribution in [3.8, 4) is 0 Å². The molecular formula is C13H19N3S2. The molecule has 1 aromatic heterocycles. The number of hydrogen-bond donors (Lipinski definition) is 2. The van der Waals surface area contributed by atoms with E-state index in [2.05, 4.69) is 60.4 Å². The van der Waals surface area contributed by atoms with Crippen molar-refractivity contribution in [3.63, 3.8) is 0 Å². The first kappa shape index (κ1) is 13.8. The first-order valence-electron chi connectivity index (χ1n) is 6.00. The number of likely N-dealkylation sites (N-methyl/N-ethyl adjacent to an activating group) is 1. The van der Waals surface area contributed by atoms with E-state index in [-0.39, 0.29) is 0 Å². The Kier molecular flexibility index (Phi) is 3.94. The smallest absolute Gasteiger partial charge is 0.161 e. The third-order valence-electron chi connectivity index (χ3n) is 2.91. The monoisotopic (exact) mass is 281 g/mol. The number of hydrogen-bond acceptors (Lipinski definition) is 4. The average Bonchev–Trinajstić information content (AvgIpc) is 2.70. The standard InChI is InChI=1S/C13H19N3S2/c1-4-10-5-6-11-8-14-16(12(11)7-10)13(17,18)9-15(2)3/h5-8,17-18H,4,9H2,1-3H3. The van der Waals surface area contributed by atoms with Crippen molar-refractivity contribution in [2.24, 2.45) is 0 Å². The predicted molar refractivity (Wildman–Crippen MR) is 83.6 cm³/mol. The molecule has 0 spiro atoms. The van der Waals surface area contributed by atoms with Crippen molar-refractivity contribution >= 4 is 36.2 Å².